The first-order valence-electron chi connectivity index (χ1n) is 11.3. The number of hydrogen-bond donors (Lipinski definition) is 1. The number of nitro benzene ring substituents is 1. The lowest BCUT2D eigenvalue weighted by Crippen LogP contribution is -2.46. The predicted molar refractivity (Wildman–Crippen MR) is 132 cm³/mol. The van der Waals surface area contributed by atoms with Gasteiger partial charge in [0, 0.05) is 32.2 Å². The Hall–Kier alpha value is -3.65. The molecule has 1 N–H and O–H groups in total. The molecule has 0 atom stereocenters. The molecule has 0 unspecified atom stereocenters. The number of piperazine rings is 1. The molecule has 1 aromatic heterocycles. The van der Waals surface area contributed by atoms with Crippen molar-refractivity contribution >= 4 is 34.7 Å². The first-order valence-corrected chi connectivity index (χ1v) is 12.3. The van der Waals surface area contributed by atoms with Gasteiger partial charge in [0.05, 0.1) is 27.6 Å². The number of para-hydroxylation sites is 1. The largest absolute Gasteiger partial charge is 0.416 e. The number of carbonyl (C=O) groups excluding carboxylic acids is 1. The molecule has 0 saturated carbocycles. The molecule has 4 rings (SSSR count). The number of hydrogen-bond acceptors (Lipinski definition) is 9. The van der Waals surface area contributed by atoms with Gasteiger partial charge in [-0.2, -0.15) is 13.2 Å². The van der Waals surface area contributed by atoms with Crippen LogP contribution in [-0.4, -0.2) is 64.4 Å². The third-order valence-corrected chi connectivity index (χ3v) is 6.64. The second-order valence-corrected chi connectivity index (χ2v) is 9.06. The zero-order valence-corrected chi connectivity index (χ0v) is 20.5. The summed E-state index contributed by atoms with van der Waals surface area (Å²) < 4.78 is 45.5. The number of nitrogens with one attached hydrogen (secondary N) is 1. The number of rotatable bonds is 8. The summed E-state index contributed by atoms with van der Waals surface area (Å²) in [5.41, 5.74) is -0.363. The van der Waals surface area contributed by atoms with Gasteiger partial charge in [0.25, 0.3) is 16.8 Å². The zero-order chi connectivity index (χ0) is 26.6. The van der Waals surface area contributed by atoms with Crippen LogP contribution in [0.4, 0.5) is 30.2 Å². The van der Waals surface area contributed by atoms with E-state index in [4.69, 9.17) is 4.42 Å². The Morgan fingerprint density at radius 1 is 1.16 bits per heavy atom. The number of aromatic nitrogens is 2. The van der Waals surface area contributed by atoms with E-state index in [1.807, 2.05) is 11.8 Å². The minimum Gasteiger partial charge on any atom is -0.411 e. The van der Waals surface area contributed by atoms with Crippen LogP contribution in [0.3, 0.4) is 0 Å². The Balaban J connectivity index is 1.46. The van der Waals surface area contributed by atoms with Gasteiger partial charge in [0.1, 0.15) is 5.56 Å². The molecule has 0 bridgehead atoms. The Labute approximate surface area is 214 Å². The molecule has 37 heavy (non-hydrogen) atoms. The number of alkyl halides is 3. The maximum Gasteiger partial charge on any atom is 0.416 e. The molecule has 0 aliphatic carbocycles. The molecule has 10 nitrogen and oxygen atoms in total. The van der Waals surface area contributed by atoms with E-state index in [1.54, 1.807) is 6.07 Å². The SMILES string of the molecule is CCN1CCN(c2ccc(C(F)(F)F)cc2NC(=O)CSc2nnc(-c3ccccc3[N+](=O)[O-])o2)CC1. The monoisotopic (exact) mass is 536 g/mol. The van der Waals surface area contributed by atoms with Crippen molar-refractivity contribution in [1.82, 2.24) is 15.1 Å². The molecule has 1 saturated heterocycles. The summed E-state index contributed by atoms with van der Waals surface area (Å²) in [6.45, 7) is 5.70. The lowest BCUT2D eigenvalue weighted by molar-refractivity contribution is -0.384. The molecule has 2 heterocycles. The number of benzene rings is 2. The van der Waals surface area contributed by atoms with Gasteiger partial charge in [-0.25, -0.2) is 0 Å². The van der Waals surface area contributed by atoms with Crippen molar-refractivity contribution < 1.29 is 27.3 Å². The van der Waals surface area contributed by atoms with Crippen LogP contribution in [0.25, 0.3) is 11.5 Å². The molecule has 1 fully saturated rings. The zero-order valence-electron chi connectivity index (χ0n) is 19.7. The van der Waals surface area contributed by atoms with Crippen molar-refractivity contribution in [1.29, 1.82) is 0 Å². The molecule has 196 valence electrons. The molecule has 14 heteroatoms. The number of anilines is 2. The third-order valence-electron chi connectivity index (χ3n) is 5.82. The molecule has 1 aliphatic heterocycles. The van der Waals surface area contributed by atoms with Crippen molar-refractivity contribution in [2.45, 2.75) is 18.3 Å². The van der Waals surface area contributed by atoms with Gasteiger partial charge in [-0.05, 0) is 30.8 Å². The van der Waals surface area contributed by atoms with E-state index in [9.17, 15) is 28.1 Å². The minimum absolute atomic E-state index is 0.0109. The first kappa shape index (κ1) is 26.4. The smallest absolute Gasteiger partial charge is 0.411 e. The number of carbonyl (C=O) groups is 1. The van der Waals surface area contributed by atoms with Crippen LogP contribution in [-0.2, 0) is 11.0 Å². The number of amides is 1. The second kappa shape index (κ2) is 11.2. The lowest BCUT2D eigenvalue weighted by Gasteiger charge is -2.36. The lowest BCUT2D eigenvalue weighted by atomic mass is 10.1. The van der Waals surface area contributed by atoms with Crippen LogP contribution in [0.15, 0.2) is 52.1 Å². The van der Waals surface area contributed by atoms with Crippen LogP contribution in [0.2, 0.25) is 0 Å². The maximum atomic E-state index is 13.4. The van der Waals surface area contributed by atoms with E-state index < -0.39 is 22.6 Å². The minimum atomic E-state index is -4.56. The van der Waals surface area contributed by atoms with Gasteiger partial charge in [0.15, 0.2) is 0 Å². The number of thioether (sulfide) groups is 1. The van der Waals surface area contributed by atoms with Crippen molar-refractivity contribution in [2.24, 2.45) is 0 Å². The highest BCUT2D eigenvalue weighted by Crippen LogP contribution is 2.36. The van der Waals surface area contributed by atoms with E-state index in [2.05, 4.69) is 20.4 Å². The van der Waals surface area contributed by atoms with Crippen LogP contribution >= 0.6 is 11.8 Å². The van der Waals surface area contributed by atoms with Gasteiger partial charge in [-0.15, -0.1) is 10.2 Å². The summed E-state index contributed by atoms with van der Waals surface area (Å²) >= 11 is 0.867. The van der Waals surface area contributed by atoms with E-state index in [0.717, 1.165) is 43.5 Å². The van der Waals surface area contributed by atoms with E-state index >= 15 is 0 Å². The molecule has 0 spiro atoms. The van der Waals surface area contributed by atoms with Crippen LogP contribution < -0.4 is 10.2 Å². The van der Waals surface area contributed by atoms with Gasteiger partial charge in [0.2, 0.25) is 5.91 Å². The highest BCUT2D eigenvalue weighted by molar-refractivity contribution is 7.99. The second-order valence-electron chi connectivity index (χ2n) is 8.14. The summed E-state index contributed by atoms with van der Waals surface area (Å²) in [7, 11) is 0. The summed E-state index contributed by atoms with van der Waals surface area (Å²) in [6.07, 6.45) is -4.56. The van der Waals surface area contributed by atoms with Gasteiger partial charge < -0.3 is 19.5 Å². The number of nitro groups is 1. The average molecular weight is 537 g/mol. The molecule has 2 aromatic carbocycles. The van der Waals surface area contributed by atoms with Crippen LogP contribution in [0.1, 0.15) is 12.5 Å². The molecule has 0 radical (unpaired) electrons. The van der Waals surface area contributed by atoms with E-state index in [0.29, 0.717) is 18.8 Å². The topological polar surface area (TPSA) is 118 Å². The molecule has 1 aliphatic rings. The average Bonchev–Trinajstić information content (AvgIpc) is 3.36. The Morgan fingerprint density at radius 3 is 2.57 bits per heavy atom. The standard InChI is InChI=1S/C23H23F3N6O4S/c1-2-30-9-11-31(12-10-30)19-8-7-15(23(24,25)26)13-17(19)27-20(33)14-37-22-29-28-21(36-22)16-5-3-4-6-18(16)32(34)35/h3-8,13H,2,9-12,14H2,1H3,(H,27,33). The number of halogens is 3. The van der Waals surface area contributed by atoms with Gasteiger partial charge in [-0.3, -0.25) is 14.9 Å². The van der Waals surface area contributed by atoms with Gasteiger partial charge >= 0.3 is 6.18 Å². The fraction of sp³-hybridized carbons (Fsp3) is 0.348. The fourth-order valence-corrected chi connectivity index (χ4v) is 4.46. The van der Waals surface area contributed by atoms with E-state index in [1.165, 1.54) is 24.3 Å². The summed E-state index contributed by atoms with van der Waals surface area (Å²) in [4.78, 5) is 27.5. The number of nitrogens with zero attached hydrogens (tertiary/aromatic N) is 5. The molecular weight excluding hydrogens is 513 g/mol. The summed E-state index contributed by atoms with van der Waals surface area (Å²) in [5, 5.41) is 21.4. The van der Waals surface area contributed by atoms with Crippen molar-refractivity contribution in [3.05, 3.63) is 58.1 Å². The third kappa shape index (κ3) is 6.38. The summed E-state index contributed by atoms with van der Waals surface area (Å²) in [6, 6.07) is 9.17. The predicted octanol–water partition coefficient (Wildman–Crippen LogP) is 4.54. The quantitative estimate of drug-likeness (QED) is 0.252. The molecular formula is C23H23F3N6O4S. The number of likely N-dealkylation sites (N-methyl/N-ethyl adjacent to an activating group) is 1. The maximum absolute atomic E-state index is 13.4. The first-order chi connectivity index (χ1) is 17.7. The van der Waals surface area contributed by atoms with Crippen LogP contribution in [0.5, 0.6) is 0 Å². The summed E-state index contributed by atoms with van der Waals surface area (Å²) in [5.74, 6) is -0.873. The van der Waals surface area contributed by atoms with Crippen molar-refractivity contribution in [2.75, 3.05) is 48.7 Å². The molecule has 1 amide bonds. The highest BCUT2D eigenvalue weighted by Gasteiger charge is 2.32. The van der Waals surface area contributed by atoms with E-state index in [-0.39, 0.29) is 33.8 Å². The van der Waals surface area contributed by atoms with Crippen molar-refractivity contribution in [3.63, 3.8) is 0 Å². The Morgan fingerprint density at radius 2 is 1.89 bits per heavy atom. The molecule has 3 aromatic rings. The highest BCUT2D eigenvalue weighted by atomic mass is 32.2. The Kier molecular flexibility index (Phi) is 7.97. The van der Waals surface area contributed by atoms with Crippen molar-refractivity contribution in [3.8, 4) is 11.5 Å². The fourth-order valence-electron chi connectivity index (χ4n) is 3.90. The van der Waals surface area contributed by atoms with Gasteiger partial charge in [-0.1, -0.05) is 30.8 Å². The Bertz CT molecular complexity index is 1280. The normalized spacial score (nSPS) is 14.5. The van der Waals surface area contributed by atoms with Crippen LogP contribution in [0, 0.1) is 10.1 Å².